The van der Waals surface area contributed by atoms with E-state index in [9.17, 15) is 4.39 Å². The molecule has 1 nitrogen and oxygen atoms in total. The van der Waals surface area contributed by atoms with Gasteiger partial charge in [0.05, 0.1) is 0 Å². The molecule has 1 aromatic carbocycles. The third-order valence-corrected chi connectivity index (χ3v) is 6.32. The van der Waals surface area contributed by atoms with Crippen molar-refractivity contribution in [1.29, 1.82) is 0 Å². The Kier molecular flexibility index (Phi) is 3.64. The molecule has 4 unspecified atom stereocenters. The van der Waals surface area contributed by atoms with Crippen LogP contribution >= 0.6 is 0 Å². The van der Waals surface area contributed by atoms with E-state index in [-0.39, 0.29) is 5.82 Å². The molecule has 0 heterocycles. The first kappa shape index (κ1) is 15.0. The molecule has 0 spiro atoms. The van der Waals surface area contributed by atoms with Gasteiger partial charge in [0, 0.05) is 12.1 Å². The molecule has 2 aliphatic rings. The first-order valence-electron chi connectivity index (χ1n) is 8.38. The Morgan fingerprint density at radius 3 is 2.43 bits per heavy atom. The maximum absolute atomic E-state index is 13.1. The van der Waals surface area contributed by atoms with E-state index in [4.69, 9.17) is 0 Å². The number of rotatable bonds is 4. The molecule has 1 N–H and O–H groups in total. The van der Waals surface area contributed by atoms with Crippen LogP contribution in [0, 0.1) is 22.6 Å². The smallest absolute Gasteiger partial charge is 0.123 e. The number of hydrogen-bond donors (Lipinski definition) is 1. The molecule has 116 valence electrons. The van der Waals surface area contributed by atoms with Crippen molar-refractivity contribution in [3.63, 3.8) is 0 Å². The second kappa shape index (κ2) is 5.08. The summed E-state index contributed by atoms with van der Waals surface area (Å²) in [5.74, 6) is 0.701. The highest BCUT2D eigenvalue weighted by atomic mass is 19.1. The highest BCUT2D eigenvalue weighted by Crippen LogP contribution is 2.62. The summed E-state index contributed by atoms with van der Waals surface area (Å²) in [4.78, 5) is 0. The van der Waals surface area contributed by atoms with Gasteiger partial charge in [0.2, 0.25) is 0 Å². The minimum Gasteiger partial charge on any atom is -0.306 e. The quantitative estimate of drug-likeness (QED) is 0.815. The molecule has 3 rings (SSSR count). The summed E-state index contributed by atoms with van der Waals surface area (Å²) in [6.45, 7) is 9.52. The molecule has 21 heavy (non-hydrogen) atoms. The summed E-state index contributed by atoms with van der Waals surface area (Å²) < 4.78 is 13.1. The van der Waals surface area contributed by atoms with Gasteiger partial charge >= 0.3 is 0 Å². The molecule has 4 atom stereocenters. The van der Waals surface area contributed by atoms with Crippen LogP contribution in [0.4, 0.5) is 4.39 Å². The van der Waals surface area contributed by atoms with Crippen LogP contribution in [0.25, 0.3) is 0 Å². The summed E-state index contributed by atoms with van der Waals surface area (Å²) in [5.41, 5.74) is 2.00. The SMILES string of the molecule is CCC(NC1C2(C)CCC(C2)C1(C)C)c1ccc(F)cc1. The van der Waals surface area contributed by atoms with E-state index >= 15 is 0 Å². The van der Waals surface area contributed by atoms with Crippen LogP contribution in [0.5, 0.6) is 0 Å². The minimum atomic E-state index is -0.152. The number of halogens is 1. The highest BCUT2D eigenvalue weighted by molar-refractivity contribution is 5.21. The number of nitrogens with one attached hydrogen (secondary N) is 1. The Morgan fingerprint density at radius 2 is 1.90 bits per heavy atom. The molecule has 0 aliphatic heterocycles. The van der Waals surface area contributed by atoms with Crippen molar-refractivity contribution in [1.82, 2.24) is 5.32 Å². The number of benzene rings is 1. The first-order chi connectivity index (χ1) is 9.87. The lowest BCUT2D eigenvalue weighted by molar-refractivity contribution is 0.0976. The van der Waals surface area contributed by atoms with Gasteiger partial charge in [-0.2, -0.15) is 0 Å². The van der Waals surface area contributed by atoms with Gasteiger partial charge in [-0.15, -0.1) is 0 Å². The fourth-order valence-electron chi connectivity index (χ4n) is 5.06. The number of fused-ring (bicyclic) bond motifs is 2. The molecule has 2 aliphatic carbocycles. The standard InChI is InChI=1S/C19H28FN/c1-5-16(13-6-8-15(20)9-7-13)21-17-18(2,3)14-10-11-19(17,4)12-14/h6-9,14,16-17,21H,5,10-12H2,1-4H3. The van der Waals surface area contributed by atoms with Crippen LogP contribution in [0.1, 0.15) is 65.0 Å². The maximum atomic E-state index is 13.1. The normalized spacial score (nSPS) is 35.1. The molecule has 2 fully saturated rings. The zero-order chi connectivity index (χ0) is 15.3. The van der Waals surface area contributed by atoms with Crippen LogP contribution in [-0.4, -0.2) is 6.04 Å². The van der Waals surface area contributed by atoms with Crippen molar-refractivity contribution in [3.05, 3.63) is 35.6 Å². The van der Waals surface area contributed by atoms with Gasteiger partial charge in [-0.05, 0) is 60.1 Å². The summed E-state index contributed by atoms with van der Waals surface area (Å²) in [6.07, 6.45) is 5.13. The van der Waals surface area contributed by atoms with Crippen molar-refractivity contribution in [2.24, 2.45) is 16.7 Å². The van der Waals surface area contributed by atoms with Crippen LogP contribution in [-0.2, 0) is 0 Å². The zero-order valence-corrected chi connectivity index (χ0v) is 13.7. The molecular formula is C19H28FN. The van der Waals surface area contributed by atoms with Crippen molar-refractivity contribution in [3.8, 4) is 0 Å². The average molecular weight is 289 g/mol. The van der Waals surface area contributed by atoms with E-state index < -0.39 is 0 Å². The predicted octanol–water partition coefficient (Wildman–Crippen LogP) is 5.08. The molecule has 2 saturated carbocycles. The van der Waals surface area contributed by atoms with E-state index in [2.05, 4.69) is 33.0 Å². The van der Waals surface area contributed by atoms with Crippen molar-refractivity contribution in [2.45, 2.75) is 65.5 Å². The van der Waals surface area contributed by atoms with Crippen molar-refractivity contribution >= 4 is 0 Å². The van der Waals surface area contributed by atoms with Gasteiger partial charge < -0.3 is 5.32 Å². The van der Waals surface area contributed by atoms with E-state index in [0.29, 0.717) is 22.9 Å². The fourth-order valence-corrected chi connectivity index (χ4v) is 5.06. The van der Waals surface area contributed by atoms with Gasteiger partial charge in [-0.25, -0.2) is 4.39 Å². The Hall–Kier alpha value is -0.890. The Labute approximate surface area is 128 Å². The Bertz CT molecular complexity index is 502. The van der Waals surface area contributed by atoms with E-state index in [1.165, 1.54) is 24.8 Å². The monoisotopic (exact) mass is 289 g/mol. The first-order valence-corrected chi connectivity index (χ1v) is 8.38. The largest absolute Gasteiger partial charge is 0.306 e. The van der Waals surface area contributed by atoms with Gasteiger partial charge in [0.25, 0.3) is 0 Å². The Balaban J connectivity index is 1.82. The Morgan fingerprint density at radius 1 is 1.24 bits per heavy atom. The van der Waals surface area contributed by atoms with Gasteiger partial charge in [-0.3, -0.25) is 0 Å². The van der Waals surface area contributed by atoms with Crippen LogP contribution in [0.15, 0.2) is 24.3 Å². The van der Waals surface area contributed by atoms with Gasteiger partial charge in [0.15, 0.2) is 0 Å². The van der Waals surface area contributed by atoms with Crippen LogP contribution in [0.3, 0.4) is 0 Å². The fraction of sp³-hybridized carbons (Fsp3) is 0.684. The summed E-state index contributed by atoms with van der Waals surface area (Å²) in [6, 6.07) is 7.89. The van der Waals surface area contributed by atoms with Crippen LogP contribution < -0.4 is 5.32 Å². The lowest BCUT2D eigenvalue weighted by Crippen LogP contribution is -2.51. The third-order valence-electron chi connectivity index (χ3n) is 6.32. The molecule has 2 bridgehead atoms. The average Bonchev–Trinajstić information content (AvgIpc) is 2.91. The van der Waals surface area contributed by atoms with Crippen LogP contribution in [0.2, 0.25) is 0 Å². The summed E-state index contributed by atoms with van der Waals surface area (Å²) >= 11 is 0. The minimum absolute atomic E-state index is 0.152. The van der Waals surface area contributed by atoms with Gasteiger partial charge in [0.1, 0.15) is 5.82 Å². The van der Waals surface area contributed by atoms with Crippen molar-refractivity contribution < 1.29 is 4.39 Å². The van der Waals surface area contributed by atoms with Gasteiger partial charge in [-0.1, -0.05) is 39.8 Å². The number of hydrogen-bond acceptors (Lipinski definition) is 1. The molecule has 2 heteroatoms. The molecule has 0 saturated heterocycles. The highest BCUT2D eigenvalue weighted by Gasteiger charge is 2.59. The zero-order valence-electron chi connectivity index (χ0n) is 13.7. The second-order valence-electron chi connectivity index (χ2n) is 8.03. The van der Waals surface area contributed by atoms with E-state index in [1.807, 2.05) is 12.1 Å². The topological polar surface area (TPSA) is 12.0 Å². The summed E-state index contributed by atoms with van der Waals surface area (Å²) in [7, 11) is 0. The molecule has 0 aromatic heterocycles. The third kappa shape index (κ3) is 2.42. The molecular weight excluding hydrogens is 261 g/mol. The maximum Gasteiger partial charge on any atom is 0.123 e. The molecule has 0 amide bonds. The summed E-state index contributed by atoms with van der Waals surface area (Å²) in [5, 5.41) is 3.94. The molecule has 0 radical (unpaired) electrons. The van der Waals surface area contributed by atoms with E-state index in [1.54, 1.807) is 12.1 Å². The second-order valence-corrected chi connectivity index (χ2v) is 8.03. The van der Waals surface area contributed by atoms with E-state index in [0.717, 1.165) is 12.3 Å². The van der Waals surface area contributed by atoms with Crippen molar-refractivity contribution in [2.75, 3.05) is 0 Å². The lowest BCUT2D eigenvalue weighted by atomic mass is 9.68. The lowest BCUT2D eigenvalue weighted by Gasteiger charge is -2.45. The predicted molar refractivity (Wildman–Crippen MR) is 85.6 cm³/mol. The molecule has 1 aromatic rings.